The molecule has 0 saturated heterocycles. The highest BCUT2D eigenvalue weighted by Gasteiger charge is 2.19. The standard InChI is InChI=1S/C19H32N4O.HI/c1-20-19(21-12-13-23(2)18-10-6-7-11-18)22-14-17(15-24)16-8-4-3-5-9-16;/h3-5,8-9,17-18,24H,6-7,10-15H2,1-2H3,(H2,20,21,22);1H. The van der Waals surface area contributed by atoms with Crippen LogP contribution in [-0.2, 0) is 0 Å². The molecule has 1 fully saturated rings. The summed E-state index contributed by atoms with van der Waals surface area (Å²) in [6.07, 6.45) is 5.40. The lowest BCUT2D eigenvalue weighted by molar-refractivity contribution is 0.249. The lowest BCUT2D eigenvalue weighted by atomic mass is 10.0. The van der Waals surface area contributed by atoms with Gasteiger partial charge in [-0.05, 0) is 25.5 Å². The molecule has 5 nitrogen and oxygen atoms in total. The number of benzene rings is 1. The first kappa shape index (κ1) is 22.2. The minimum Gasteiger partial charge on any atom is -0.396 e. The predicted molar refractivity (Wildman–Crippen MR) is 116 cm³/mol. The van der Waals surface area contributed by atoms with E-state index in [1.807, 2.05) is 18.2 Å². The number of aliphatic hydroxyl groups excluding tert-OH is 1. The van der Waals surface area contributed by atoms with Gasteiger partial charge in [-0.15, -0.1) is 24.0 Å². The number of nitrogens with one attached hydrogen (secondary N) is 2. The number of rotatable bonds is 8. The molecule has 1 aliphatic rings. The van der Waals surface area contributed by atoms with Crippen LogP contribution in [0.1, 0.15) is 37.2 Å². The minimum absolute atomic E-state index is 0. The van der Waals surface area contributed by atoms with Gasteiger partial charge in [0.15, 0.2) is 5.96 Å². The summed E-state index contributed by atoms with van der Waals surface area (Å²) >= 11 is 0. The number of hydrogen-bond acceptors (Lipinski definition) is 3. The lowest BCUT2D eigenvalue weighted by Crippen LogP contribution is -2.43. The fourth-order valence-electron chi connectivity index (χ4n) is 3.33. The quantitative estimate of drug-likeness (QED) is 0.317. The van der Waals surface area contributed by atoms with Gasteiger partial charge in [-0.2, -0.15) is 0 Å². The molecule has 1 saturated carbocycles. The highest BCUT2D eigenvalue weighted by Crippen LogP contribution is 2.21. The van der Waals surface area contributed by atoms with Crippen molar-refractivity contribution in [2.24, 2.45) is 4.99 Å². The zero-order valence-electron chi connectivity index (χ0n) is 15.4. The van der Waals surface area contributed by atoms with Crippen LogP contribution in [-0.4, -0.2) is 62.3 Å². The Labute approximate surface area is 169 Å². The molecule has 1 aromatic rings. The number of likely N-dealkylation sites (N-methyl/N-ethyl adjacent to an activating group) is 1. The maximum absolute atomic E-state index is 9.63. The summed E-state index contributed by atoms with van der Waals surface area (Å²) in [6, 6.07) is 10.9. The third-order valence-corrected chi connectivity index (χ3v) is 4.94. The Morgan fingerprint density at radius 1 is 1.24 bits per heavy atom. The number of aliphatic imine (C=N–C) groups is 1. The third-order valence-electron chi connectivity index (χ3n) is 4.94. The monoisotopic (exact) mass is 460 g/mol. The van der Waals surface area contributed by atoms with Crippen LogP contribution < -0.4 is 10.6 Å². The maximum atomic E-state index is 9.63. The van der Waals surface area contributed by atoms with E-state index in [0.29, 0.717) is 6.54 Å². The topological polar surface area (TPSA) is 59.9 Å². The van der Waals surface area contributed by atoms with Gasteiger partial charge in [0.2, 0.25) is 0 Å². The van der Waals surface area contributed by atoms with Gasteiger partial charge in [-0.3, -0.25) is 4.99 Å². The molecular formula is C19H33IN4O. The van der Waals surface area contributed by atoms with Gasteiger partial charge in [0.25, 0.3) is 0 Å². The molecule has 0 bridgehead atoms. The summed E-state index contributed by atoms with van der Waals surface area (Å²) in [5.41, 5.74) is 1.14. The molecule has 0 aromatic heterocycles. The Morgan fingerprint density at radius 3 is 2.52 bits per heavy atom. The van der Waals surface area contributed by atoms with Gasteiger partial charge in [0.1, 0.15) is 0 Å². The van der Waals surface area contributed by atoms with Crippen molar-refractivity contribution >= 4 is 29.9 Å². The van der Waals surface area contributed by atoms with E-state index in [2.05, 4.69) is 39.7 Å². The van der Waals surface area contributed by atoms with Crippen molar-refractivity contribution in [1.82, 2.24) is 15.5 Å². The Balaban J connectivity index is 0.00000312. The maximum Gasteiger partial charge on any atom is 0.191 e. The smallest absolute Gasteiger partial charge is 0.191 e. The summed E-state index contributed by atoms with van der Waals surface area (Å²) < 4.78 is 0. The second kappa shape index (κ2) is 12.5. The largest absolute Gasteiger partial charge is 0.396 e. The molecule has 1 aliphatic carbocycles. The fourth-order valence-corrected chi connectivity index (χ4v) is 3.33. The van der Waals surface area contributed by atoms with Crippen LogP contribution in [0.25, 0.3) is 0 Å². The Hall–Kier alpha value is -0.860. The van der Waals surface area contributed by atoms with Gasteiger partial charge < -0.3 is 20.6 Å². The third kappa shape index (κ3) is 7.50. The van der Waals surface area contributed by atoms with Gasteiger partial charge in [0, 0.05) is 38.6 Å². The first-order chi connectivity index (χ1) is 11.7. The summed E-state index contributed by atoms with van der Waals surface area (Å²) in [5.74, 6) is 0.870. The average Bonchev–Trinajstić information content (AvgIpc) is 3.16. The zero-order valence-corrected chi connectivity index (χ0v) is 17.8. The molecule has 3 N–H and O–H groups in total. The molecular weight excluding hydrogens is 427 g/mol. The van der Waals surface area contributed by atoms with Crippen LogP contribution in [0, 0.1) is 0 Å². The minimum atomic E-state index is 0. The van der Waals surface area contributed by atoms with Gasteiger partial charge >= 0.3 is 0 Å². The van der Waals surface area contributed by atoms with Gasteiger partial charge in [-0.25, -0.2) is 0 Å². The molecule has 0 amide bonds. The molecule has 1 unspecified atom stereocenters. The fraction of sp³-hybridized carbons (Fsp3) is 0.632. The molecule has 142 valence electrons. The summed E-state index contributed by atoms with van der Waals surface area (Å²) in [4.78, 5) is 6.73. The molecule has 0 heterocycles. The van der Waals surface area contributed by atoms with E-state index in [1.54, 1.807) is 7.05 Å². The van der Waals surface area contributed by atoms with Crippen molar-refractivity contribution in [2.75, 3.05) is 40.3 Å². The first-order valence-electron chi connectivity index (χ1n) is 9.05. The number of guanidine groups is 1. The molecule has 2 rings (SSSR count). The van der Waals surface area contributed by atoms with E-state index in [0.717, 1.165) is 30.7 Å². The van der Waals surface area contributed by atoms with Crippen LogP contribution in [0.3, 0.4) is 0 Å². The second-order valence-electron chi connectivity index (χ2n) is 6.59. The first-order valence-corrected chi connectivity index (χ1v) is 9.05. The molecule has 1 atom stereocenters. The van der Waals surface area contributed by atoms with Crippen molar-refractivity contribution in [2.45, 2.75) is 37.6 Å². The van der Waals surface area contributed by atoms with E-state index < -0.39 is 0 Å². The zero-order chi connectivity index (χ0) is 17.2. The van der Waals surface area contributed by atoms with Gasteiger partial charge in [0.05, 0.1) is 6.61 Å². The summed E-state index contributed by atoms with van der Waals surface area (Å²) in [6.45, 7) is 2.69. The van der Waals surface area contributed by atoms with Crippen molar-refractivity contribution < 1.29 is 5.11 Å². The van der Waals surface area contributed by atoms with E-state index in [1.165, 1.54) is 25.7 Å². The number of halogens is 1. The van der Waals surface area contributed by atoms with E-state index >= 15 is 0 Å². The Morgan fingerprint density at radius 2 is 1.92 bits per heavy atom. The predicted octanol–water partition coefficient (Wildman–Crippen LogP) is 2.42. The van der Waals surface area contributed by atoms with Crippen molar-refractivity contribution in [3.63, 3.8) is 0 Å². The van der Waals surface area contributed by atoms with Crippen LogP contribution in [0.15, 0.2) is 35.3 Å². The molecule has 1 aromatic carbocycles. The summed E-state index contributed by atoms with van der Waals surface area (Å²) in [7, 11) is 4.00. The average molecular weight is 460 g/mol. The summed E-state index contributed by atoms with van der Waals surface area (Å²) in [5, 5.41) is 16.3. The normalized spacial score (nSPS) is 16.6. The highest BCUT2D eigenvalue weighted by molar-refractivity contribution is 14.0. The Bertz CT molecular complexity index is 491. The Kier molecular flexibility index (Phi) is 11.1. The van der Waals surface area contributed by atoms with Crippen LogP contribution >= 0.6 is 24.0 Å². The number of aliphatic hydroxyl groups is 1. The van der Waals surface area contributed by atoms with Crippen molar-refractivity contribution in [1.29, 1.82) is 0 Å². The number of hydrogen-bond donors (Lipinski definition) is 3. The second-order valence-corrected chi connectivity index (χ2v) is 6.59. The number of nitrogens with zero attached hydrogens (tertiary/aromatic N) is 2. The van der Waals surface area contributed by atoms with Gasteiger partial charge in [-0.1, -0.05) is 43.2 Å². The van der Waals surface area contributed by atoms with E-state index in [9.17, 15) is 5.11 Å². The van der Waals surface area contributed by atoms with Crippen LogP contribution in [0.4, 0.5) is 0 Å². The molecule has 25 heavy (non-hydrogen) atoms. The molecule has 0 radical (unpaired) electrons. The van der Waals surface area contributed by atoms with Crippen molar-refractivity contribution in [3.8, 4) is 0 Å². The van der Waals surface area contributed by atoms with E-state index in [-0.39, 0.29) is 36.5 Å². The van der Waals surface area contributed by atoms with E-state index in [4.69, 9.17) is 0 Å². The lowest BCUT2D eigenvalue weighted by Gasteiger charge is -2.24. The SMILES string of the molecule is CN=C(NCCN(C)C1CCCC1)NCC(CO)c1ccccc1.I. The highest BCUT2D eigenvalue weighted by atomic mass is 127. The molecule has 6 heteroatoms. The molecule has 0 aliphatic heterocycles. The van der Waals surface area contributed by atoms with Crippen molar-refractivity contribution in [3.05, 3.63) is 35.9 Å². The van der Waals surface area contributed by atoms with Crippen LogP contribution in [0.5, 0.6) is 0 Å². The van der Waals surface area contributed by atoms with Crippen LogP contribution in [0.2, 0.25) is 0 Å². The molecule has 0 spiro atoms.